The number of nitro groups is 1. The van der Waals surface area contributed by atoms with Gasteiger partial charge >= 0.3 is 11.9 Å². The average molecular weight is 342 g/mol. The van der Waals surface area contributed by atoms with Gasteiger partial charge in [-0.3, -0.25) is 10.1 Å². The fourth-order valence-corrected chi connectivity index (χ4v) is 1.71. The van der Waals surface area contributed by atoms with Crippen LogP contribution in [0.5, 0.6) is 5.75 Å². The number of halogens is 4. The number of hydrogen-bond donors (Lipinski definition) is 0. The first kappa shape index (κ1) is 15.7. The lowest BCUT2D eigenvalue weighted by molar-refractivity contribution is -0.385. The second-order valence-electron chi connectivity index (χ2n) is 3.76. The highest BCUT2D eigenvalue weighted by molar-refractivity contribution is 9.08. The van der Waals surface area contributed by atoms with Crippen LogP contribution < -0.4 is 4.74 Å². The van der Waals surface area contributed by atoms with Crippen LogP contribution in [0.1, 0.15) is 18.4 Å². The lowest BCUT2D eigenvalue weighted by Gasteiger charge is -2.09. The number of nitrogens with zero attached hydrogens (tertiary/aromatic N) is 1. The van der Waals surface area contributed by atoms with Gasteiger partial charge in [-0.1, -0.05) is 22.0 Å². The second-order valence-corrected chi connectivity index (χ2v) is 4.32. The van der Waals surface area contributed by atoms with Crippen LogP contribution in [0, 0.1) is 10.1 Å². The highest BCUT2D eigenvalue weighted by atomic mass is 79.9. The van der Waals surface area contributed by atoms with Gasteiger partial charge in [0.2, 0.25) is 0 Å². The summed E-state index contributed by atoms with van der Waals surface area (Å²) in [4.78, 5) is 10.2. The summed E-state index contributed by atoms with van der Waals surface area (Å²) in [5.41, 5.74) is 0.443. The van der Waals surface area contributed by atoms with E-state index in [0.717, 1.165) is 0 Å². The SMILES string of the molecule is O=[N+]([O-])c1cc(CBr)ccc1OCCCC(F)(F)F. The molecule has 0 bridgehead atoms. The van der Waals surface area contributed by atoms with Crippen LogP contribution in [0.4, 0.5) is 18.9 Å². The predicted octanol–water partition coefficient (Wildman–Crippen LogP) is 4.21. The first-order chi connectivity index (χ1) is 8.83. The van der Waals surface area contributed by atoms with Crippen LogP contribution in [0.3, 0.4) is 0 Å². The molecule has 0 atom stereocenters. The highest BCUT2D eigenvalue weighted by Gasteiger charge is 2.26. The Morgan fingerprint density at radius 1 is 1.37 bits per heavy atom. The minimum absolute atomic E-state index is 0.0168. The molecule has 0 aliphatic rings. The normalized spacial score (nSPS) is 11.4. The Morgan fingerprint density at radius 2 is 2.05 bits per heavy atom. The number of nitro benzene ring substituents is 1. The zero-order valence-corrected chi connectivity index (χ0v) is 11.3. The van der Waals surface area contributed by atoms with Gasteiger partial charge < -0.3 is 4.74 Å². The van der Waals surface area contributed by atoms with Gasteiger partial charge in [-0.15, -0.1) is 0 Å². The van der Waals surface area contributed by atoms with Crippen molar-refractivity contribution in [2.45, 2.75) is 24.3 Å². The van der Waals surface area contributed by atoms with Crippen molar-refractivity contribution in [2.24, 2.45) is 0 Å². The first-order valence-electron chi connectivity index (χ1n) is 5.36. The quantitative estimate of drug-likeness (QED) is 0.337. The molecule has 8 heteroatoms. The molecule has 0 aliphatic carbocycles. The summed E-state index contributed by atoms with van der Waals surface area (Å²) in [5, 5.41) is 11.3. The number of rotatable bonds is 6. The van der Waals surface area contributed by atoms with Gasteiger partial charge in [0.15, 0.2) is 5.75 Å². The smallest absolute Gasteiger partial charge is 0.389 e. The molecule has 19 heavy (non-hydrogen) atoms. The Morgan fingerprint density at radius 3 is 2.58 bits per heavy atom. The van der Waals surface area contributed by atoms with Crippen molar-refractivity contribution in [3.05, 3.63) is 33.9 Å². The van der Waals surface area contributed by atoms with E-state index < -0.39 is 17.5 Å². The van der Waals surface area contributed by atoms with Gasteiger partial charge in [-0.05, 0) is 18.1 Å². The highest BCUT2D eigenvalue weighted by Crippen LogP contribution is 2.29. The van der Waals surface area contributed by atoms with E-state index in [0.29, 0.717) is 10.9 Å². The van der Waals surface area contributed by atoms with E-state index in [4.69, 9.17) is 4.74 Å². The average Bonchev–Trinajstić information content (AvgIpc) is 2.33. The molecule has 0 saturated carbocycles. The summed E-state index contributed by atoms with van der Waals surface area (Å²) >= 11 is 3.16. The van der Waals surface area contributed by atoms with E-state index >= 15 is 0 Å². The summed E-state index contributed by atoms with van der Waals surface area (Å²) < 4.78 is 40.8. The number of ether oxygens (including phenoxy) is 1. The summed E-state index contributed by atoms with van der Waals surface area (Å²) in [6.45, 7) is -0.214. The number of alkyl halides is 4. The first-order valence-corrected chi connectivity index (χ1v) is 6.48. The Hall–Kier alpha value is -1.31. The van der Waals surface area contributed by atoms with E-state index in [1.807, 2.05) is 0 Å². The second kappa shape index (κ2) is 6.74. The van der Waals surface area contributed by atoms with Gasteiger partial charge in [-0.25, -0.2) is 0 Å². The standard InChI is InChI=1S/C11H11BrF3NO3/c12-7-8-2-3-10(9(6-8)16(17)18)19-5-1-4-11(13,14)15/h2-3,6H,1,4-5,7H2. The molecular weight excluding hydrogens is 331 g/mol. The fraction of sp³-hybridized carbons (Fsp3) is 0.455. The molecule has 0 saturated heterocycles. The summed E-state index contributed by atoms with van der Waals surface area (Å²) in [7, 11) is 0. The molecule has 1 aromatic rings. The molecule has 0 radical (unpaired) electrons. The van der Waals surface area contributed by atoms with E-state index in [1.165, 1.54) is 12.1 Å². The van der Waals surface area contributed by atoms with Gasteiger partial charge in [0.05, 0.1) is 11.5 Å². The molecular formula is C11H11BrF3NO3. The van der Waals surface area contributed by atoms with Crippen molar-refractivity contribution in [2.75, 3.05) is 6.61 Å². The maximum absolute atomic E-state index is 11.9. The van der Waals surface area contributed by atoms with Crippen LogP contribution in [0.15, 0.2) is 18.2 Å². The summed E-state index contributed by atoms with van der Waals surface area (Å²) in [6, 6.07) is 4.33. The molecule has 106 valence electrons. The van der Waals surface area contributed by atoms with E-state index in [-0.39, 0.29) is 24.5 Å². The van der Waals surface area contributed by atoms with Crippen LogP contribution in [-0.4, -0.2) is 17.7 Å². The third-order valence-corrected chi connectivity index (χ3v) is 2.88. The monoisotopic (exact) mass is 341 g/mol. The van der Waals surface area contributed by atoms with Crippen molar-refractivity contribution in [3.63, 3.8) is 0 Å². The molecule has 0 aromatic heterocycles. The molecule has 1 aromatic carbocycles. The van der Waals surface area contributed by atoms with Crippen molar-refractivity contribution in [1.82, 2.24) is 0 Å². The molecule has 0 N–H and O–H groups in total. The van der Waals surface area contributed by atoms with Crippen molar-refractivity contribution in [3.8, 4) is 5.75 Å². The van der Waals surface area contributed by atoms with Crippen molar-refractivity contribution >= 4 is 21.6 Å². The zero-order chi connectivity index (χ0) is 14.5. The predicted molar refractivity (Wildman–Crippen MR) is 66.5 cm³/mol. The van der Waals surface area contributed by atoms with Crippen molar-refractivity contribution < 1.29 is 22.8 Å². The van der Waals surface area contributed by atoms with Crippen molar-refractivity contribution in [1.29, 1.82) is 0 Å². The molecule has 0 heterocycles. The van der Waals surface area contributed by atoms with Crippen LogP contribution in [0.2, 0.25) is 0 Å². The lowest BCUT2D eigenvalue weighted by atomic mass is 10.2. The Kier molecular flexibility index (Phi) is 5.59. The third kappa shape index (κ3) is 5.46. The van der Waals surface area contributed by atoms with E-state index in [9.17, 15) is 23.3 Å². The third-order valence-electron chi connectivity index (χ3n) is 2.24. The van der Waals surface area contributed by atoms with Crippen LogP contribution in [0.25, 0.3) is 0 Å². The van der Waals surface area contributed by atoms with Gasteiger partial charge in [-0.2, -0.15) is 13.2 Å². The molecule has 0 amide bonds. The molecule has 0 fully saturated rings. The summed E-state index contributed by atoms with van der Waals surface area (Å²) in [5.74, 6) is -0.0168. The maximum atomic E-state index is 11.9. The van der Waals surface area contributed by atoms with E-state index in [2.05, 4.69) is 15.9 Å². The van der Waals surface area contributed by atoms with Crippen LogP contribution in [-0.2, 0) is 5.33 Å². The Bertz CT molecular complexity index is 451. The lowest BCUT2D eigenvalue weighted by Crippen LogP contribution is -2.10. The van der Waals surface area contributed by atoms with E-state index in [1.54, 1.807) is 6.07 Å². The molecule has 1 rings (SSSR count). The fourth-order valence-electron chi connectivity index (χ4n) is 1.37. The summed E-state index contributed by atoms with van der Waals surface area (Å²) in [6.07, 6.45) is -5.45. The van der Waals surface area contributed by atoms with Gasteiger partial charge in [0.1, 0.15) is 0 Å². The largest absolute Gasteiger partial charge is 0.487 e. The number of hydrogen-bond acceptors (Lipinski definition) is 3. The topological polar surface area (TPSA) is 52.4 Å². The molecule has 0 unspecified atom stereocenters. The minimum atomic E-state index is -4.24. The maximum Gasteiger partial charge on any atom is 0.389 e. The minimum Gasteiger partial charge on any atom is -0.487 e. The van der Waals surface area contributed by atoms with Gasteiger partial charge in [0.25, 0.3) is 0 Å². The van der Waals surface area contributed by atoms with Gasteiger partial charge in [0, 0.05) is 17.8 Å². The number of benzene rings is 1. The Balaban J connectivity index is 2.65. The Labute approximate surface area is 115 Å². The molecule has 0 aliphatic heterocycles. The molecule has 4 nitrogen and oxygen atoms in total. The molecule has 0 spiro atoms. The zero-order valence-electron chi connectivity index (χ0n) is 9.74. The van der Waals surface area contributed by atoms with Crippen LogP contribution >= 0.6 is 15.9 Å².